The van der Waals surface area contributed by atoms with Crippen molar-refractivity contribution >= 4 is 28.8 Å². The molecule has 3 N–H and O–H groups in total. The van der Waals surface area contributed by atoms with Gasteiger partial charge >= 0.3 is 0 Å². The van der Waals surface area contributed by atoms with E-state index in [-0.39, 0.29) is 16.7 Å². The van der Waals surface area contributed by atoms with Crippen molar-refractivity contribution in [1.29, 1.82) is 0 Å². The quantitative estimate of drug-likeness (QED) is 0.814. The Hall–Kier alpha value is -1.49. The van der Waals surface area contributed by atoms with Crippen molar-refractivity contribution in [3.05, 3.63) is 29.6 Å². The predicted octanol–water partition coefficient (Wildman–Crippen LogP) is 2.38. The molecule has 5 heteroatoms. The molecule has 0 saturated carbocycles. The molecule has 0 aliphatic carbocycles. The average molecular weight is 254 g/mol. The Bertz CT molecular complexity index is 472. The number of thiocarbonyl (C=S) groups is 1. The summed E-state index contributed by atoms with van der Waals surface area (Å²) in [6.45, 7) is 4.84. The van der Waals surface area contributed by atoms with Crippen molar-refractivity contribution in [2.75, 3.05) is 5.32 Å². The molecule has 1 aromatic carbocycles. The molecule has 0 saturated heterocycles. The fourth-order valence-electron chi connectivity index (χ4n) is 1.13. The minimum absolute atomic E-state index is 0.101. The normalized spacial score (nSPS) is 11.1. The molecule has 1 rings (SSSR count). The van der Waals surface area contributed by atoms with Crippen LogP contribution in [0.4, 0.5) is 10.1 Å². The first-order chi connectivity index (χ1) is 7.76. The second-order valence-electron chi connectivity index (χ2n) is 4.36. The van der Waals surface area contributed by atoms with Crippen LogP contribution in [0.15, 0.2) is 18.2 Å². The Labute approximate surface area is 105 Å². The monoisotopic (exact) mass is 254 g/mol. The van der Waals surface area contributed by atoms with E-state index in [9.17, 15) is 9.18 Å². The van der Waals surface area contributed by atoms with Crippen molar-refractivity contribution in [2.45, 2.75) is 20.8 Å². The van der Waals surface area contributed by atoms with E-state index < -0.39 is 5.41 Å². The number of amides is 1. The van der Waals surface area contributed by atoms with Crippen molar-refractivity contribution in [3.63, 3.8) is 0 Å². The molecule has 0 aliphatic heterocycles. The van der Waals surface area contributed by atoms with Gasteiger partial charge in [-0.15, -0.1) is 0 Å². The van der Waals surface area contributed by atoms with Gasteiger partial charge in [0, 0.05) is 11.3 Å². The third-order valence-corrected chi connectivity index (χ3v) is 3.21. The minimum Gasteiger partial charge on any atom is -0.392 e. The van der Waals surface area contributed by atoms with Crippen molar-refractivity contribution in [2.24, 2.45) is 11.1 Å². The highest BCUT2D eigenvalue weighted by Crippen LogP contribution is 2.22. The Morgan fingerprint density at radius 3 is 2.59 bits per heavy atom. The number of carbonyl (C=O) groups is 1. The maximum absolute atomic E-state index is 13.3. The number of hydrogen-bond acceptors (Lipinski definition) is 2. The summed E-state index contributed by atoms with van der Waals surface area (Å²) >= 11 is 4.83. The van der Waals surface area contributed by atoms with Gasteiger partial charge in [-0.1, -0.05) is 18.3 Å². The molecule has 0 radical (unpaired) electrons. The largest absolute Gasteiger partial charge is 0.392 e. The first kappa shape index (κ1) is 13.6. The number of hydrogen-bond donors (Lipinski definition) is 2. The number of carbonyl (C=O) groups excluding carboxylic acids is 1. The molecule has 17 heavy (non-hydrogen) atoms. The standard InChI is InChI=1S/C12H15FN2OS/c1-7-8(13)5-4-6-9(7)15-11(16)12(2,3)10(14)17/h4-6H,1-3H3,(H2,14,17)(H,15,16). The summed E-state index contributed by atoms with van der Waals surface area (Å²) in [6, 6.07) is 4.50. The lowest BCUT2D eigenvalue weighted by atomic mass is 9.92. The molecule has 92 valence electrons. The zero-order chi connectivity index (χ0) is 13.2. The number of benzene rings is 1. The Kier molecular flexibility index (Phi) is 3.83. The number of nitrogens with two attached hydrogens (primary N) is 1. The summed E-state index contributed by atoms with van der Waals surface area (Å²) in [5, 5.41) is 2.63. The molecule has 3 nitrogen and oxygen atoms in total. The molecule has 0 spiro atoms. The van der Waals surface area contributed by atoms with Crippen LogP contribution in [-0.4, -0.2) is 10.9 Å². The second-order valence-corrected chi connectivity index (χ2v) is 4.80. The number of rotatable bonds is 3. The fraction of sp³-hybridized carbons (Fsp3) is 0.333. The van der Waals surface area contributed by atoms with E-state index in [0.29, 0.717) is 11.3 Å². The van der Waals surface area contributed by atoms with Crippen LogP contribution in [0.3, 0.4) is 0 Å². The van der Waals surface area contributed by atoms with Gasteiger partial charge in [-0.25, -0.2) is 4.39 Å². The highest BCUT2D eigenvalue weighted by molar-refractivity contribution is 7.80. The van der Waals surface area contributed by atoms with Gasteiger partial charge in [0.15, 0.2) is 0 Å². The van der Waals surface area contributed by atoms with Gasteiger partial charge < -0.3 is 11.1 Å². The van der Waals surface area contributed by atoms with Crippen LogP contribution in [0, 0.1) is 18.2 Å². The lowest BCUT2D eigenvalue weighted by Gasteiger charge is -2.22. The number of anilines is 1. The molecule has 0 bridgehead atoms. The van der Waals surface area contributed by atoms with Gasteiger partial charge in [0.25, 0.3) is 0 Å². The predicted molar refractivity (Wildman–Crippen MR) is 70.3 cm³/mol. The summed E-state index contributed by atoms with van der Waals surface area (Å²) in [6.07, 6.45) is 0. The zero-order valence-corrected chi connectivity index (χ0v) is 10.8. The highest BCUT2D eigenvalue weighted by atomic mass is 32.1. The van der Waals surface area contributed by atoms with Crippen molar-refractivity contribution in [3.8, 4) is 0 Å². The number of nitrogens with one attached hydrogen (secondary N) is 1. The van der Waals surface area contributed by atoms with Crippen LogP contribution in [-0.2, 0) is 4.79 Å². The van der Waals surface area contributed by atoms with E-state index in [2.05, 4.69) is 5.32 Å². The Morgan fingerprint density at radius 1 is 1.47 bits per heavy atom. The molecular formula is C12H15FN2OS. The third kappa shape index (κ3) is 2.79. The molecule has 0 fully saturated rings. The van der Waals surface area contributed by atoms with Crippen molar-refractivity contribution < 1.29 is 9.18 Å². The number of halogens is 1. The first-order valence-corrected chi connectivity index (χ1v) is 5.54. The van der Waals surface area contributed by atoms with E-state index in [1.807, 2.05) is 0 Å². The first-order valence-electron chi connectivity index (χ1n) is 5.13. The third-order valence-electron chi connectivity index (χ3n) is 2.70. The summed E-state index contributed by atoms with van der Waals surface area (Å²) < 4.78 is 13.3. The van der Waals surface area contributed by atoms with E-state index in [1.165, 1.54) is 12.1 Å². The lowest BCUT2D eigenvalue weighted by Crippen LogP contribution is -2.41. The molecule has 0 atom stereocenters. The van der Waals surface area contributed by atoms with Crippen LogP contribution in [0.1, 0.15) is 19.4 Å². The SMILES string of the molecule is Cc1c(F)cccc1NC(=O)C(C)(C)C(N)=S. The molecule has 0 heterocycles. The van der Waals surface area contributed by atoms with Gasteiger partial charge in [0.05, 0.1) is 10.4 Å². The summed E-state index contributed by atoms with van der Waals surface area (Å²) in [4.78, 5) is 12.0. The van der Waals surface area contributed by atoms with E-state index in [1.54, 1.807) is 26.8 Å². The van der Waals surface area contributed by atoms with Gasteiger partial charge in [0.2, 0.25) is 5.91 Å². The zero-order valence-electron chi connectivity index (χ0n) is 10.0. The average Bonchev–Trinajstić information content (AvgIpc) is 2.24. The lowest BCUT2D eigenvalue weighted by molar-refractivity contribution is -0.121. The fourth-order valence-corrected chi connectivity index (χ4v) is 1.23. The second kappa shape index (κ2) is 4.79. The Morgan fingerprint density at radius 2 is 2.06 bits per heavy atom. The summed E-state index contributed by atoms with van der Waals surface area (Å²) in [5.74, 6) is -0.713. The van der Waals surface area contributed by atoms with Crippen molar-refractivity contribution in [1.82, 2.24) is 0 Å². The molecule has 1 aromatic rings. The minimum atomic E-state index is -0.964. The highest BCUT2D eigenvalue weighted by Gasteiger charge is 2.31. The molecule has 0 aliphatic rings. The van der Waals surface area contributed by atoms with Crippen LogP contribution >= 0.6 is 12.2 Å². The van der Waals surface area contributed by atoms with Gasteiger partial charge in [-0.2, -0.15) is 0 Å². The van der Waals surface area contributed by atoms with Gasteiger partial charge in [-0.05, 0) is 32.9 Å². The molecule has 0 aromatic heterocycles. The van der Waals surface area contributed by atoms with Crippen LogP contribution in [0.25, 0.3) is 0 Å². The molecular weight excluding hydrogens is 239 g/mol. The van der Waals surface area contributed by atoms with Gasteiger partial charge in [0.1, 0.15) is 5.82 Å². The van der Waals surface area contributed by atoms with E-state index in [0.717, 1.165) is 0 Å². The van der Waals surface area contributed by atoms with Crippen LogP contribution in [0.2, 0.25) is 0 Å². The van der Waals surface area contributed by atoms with Gasteiger partial charge in [-0.3, -0.25) is 4.79 Å². The smallest absolute Gasteiger partial charge is 0.236 e. The summed E-state index contributed by atoms with van der Waals surface area (Å²) in [7, 11) is 0. The Balaban J connectivity index is 2.97. The maximum Gasteiger partial charge on any atom is 0.236 e. The van der Waals surface area contributed by atoms with Crippen LogP contribution in [0.5, 0.6) is 0 Å². The molecule has 1 amide bonds. The maximum atomic E-state index is 13.3. The molecule has 0 unspecified atom stereocenters. The van der Waals surface area contributed by atoms with Crippen LogP contribution < -0.4 is 11.1 Å². The van der Waals surface area contributed by atoms with E-state index >= 15 is 0 Å². The summed E-state index contributed by atoms with van der Waals surface area (Å²) in [5.41, 5.74) is 5.34. The van der Waals surface area contributed by atoms with E-state index in [4.69, 9.17) is 18.0 Å². The topological polar surface area (TPSA) is 55.1 Å².